The van der Waals surface area contributed by atoms with Gasteiger partial charge in [-0.15, -0.1) is 11.3 Å². The van der Waals surface area contributed by atoms with Gasteiger partial charge in [0.2, 0.25) is 0 Å². The second-order valence-electron chi connectivity index (χ2n) is 8.93. The average Bonchev–Trinajstić information content (AvgIpc) is 3.52. The van der Waals surface area contributed by atoms with E-state index < -0.39 is 17.7 Å². The Hall–Kier alpha value is -2.29. The summed E-state index contributed by atoms with van der Waals surface area (Å²) < 4.78 is 27.0. The van der Waals surface area contributed by atoms with E-state index in [1.165, 1.54) is 6.07 Å². The number of allylic oxidation sites excluding steroid dienone is 3. The SMILES string of the molecule is CC1=C(C(=O)OCC2CCCO2)C(c2cc(Br)ccc2F)C2=C(CC(c3cccs3)CC2=O)N1. The van der Waals surface area contributed by atoms with Crippen LogP contribution < -0.4 is 5.32 Å². The first-order valence-corrected chi connectivity index (χ1v) is 13.1. The Bertz CT molecular complexity index is 1180. The summed E-state index contributed by atoms with van der Waals surface area (Å²) in [5.74, 6) is -1.86. The van der Waals surface area contributed by atoms with Gasteiger partial charge >= 0.3 is 5.97 Å². The van der Waals surface area contributed by atoms with Crippen molar-refractivity contribution < 1.29 is 23.5 Å². The fourth-order valence-electron chi connectivity index (χ4n) is 5.10. The molecule has 5 nitrogen and oxygen atoms in total. The second-order valence-corrected chi connectivity index (χ2v) is 10.8. The van der Waals surface area contributed by atoms with Crippen molar-refractivity contribution in [3.63, 3.8) is 0 Å². The number of hydrogen-bond acceptors (Lipinski definition) is 6. The van der Waals surface area contributed by atoms with Crippen LogP contribution >= 0.6 is 27.3 Å². The highest BCUT2D eigenvalue weighted by molar-refractivity contribution is 9.10. The van der Waals surface area contributed by atoms with Crippen molar-refractivity contribution in [3.8, 4) is 0 Å². The van der Waals surface area contributed by atoms with Crippen LogP contribution in [-0.4, -0.2) is 31.1 Å². The molecule has 3 unspecified atom stereocenters. The molecule has 1 aliphatic carbocycles. The third-order valence-electron chi connectivity index (χ3n) is 6.69. The number of carbonyl (C=O) groups is 2. The summed E-state index contributed by atoms with van der Waals surface area (Å²) in [4.78, 5) is 28.0. The Labute approximate surface area is 210 Å². The number of rotatable bonds is 5. The lowest BCUT2D eigenvalue weighted by Gasteiger charge is -2.36. The van der Waals surface area contributed by atoms with Crippen LogP contribution in [0.5, 0.6) is 0 Å². The minimum Gasteiger partial charge on any atom is -0.459 e. The Morgan fingerprint density at radius 2 is 2.18 bits per heavy atom. The number of dihydropyridines is 1. The highest BCUT2D eigenvalue weighted by Crippen LogP contribution is 2.47. The van der Waals surface area contributed by atoms with Crippen molar-refractivity contribution >= 4 is 39.0 Å². The van der Waals surface area contributed by atoms with Gasteiger partial charge in [-0.25, -0.2) is 9.18 Å². The maximum Gasteiger partial charge on any atom is 0.336 e. The smallest absolute Gasteiger partial charge is 0.336 e. The lowest BCUT2D eigenvalue weighted by Crippen LogP contribution is -2.36. The monoisotopic (exact) mass is 545 g/mol. The molecule has 8 heteroatoms. The molecule has 1 saturated heterocycles. The topological polar surface area (TPSA) is 64.6 Å². The van der Waals surface area contributed by atoms with Gasteiger partial charge in [0.15, 0.2) is 5.78 Å². The van der Waals surface area contributed by atoms with E-state index in [4.69, 9.17) is 9.47 Å². The zero-order valence-corrected chi connectivity index (χ0v) is 21.1. The van der Waals surface area contributed by atoms with Crippen molar-refractivity contribution in [1.82, 2.24) is 5.32 Å². The Kier molecular flexibility index (Phi) is 6.73. The molecule has 5 rings (SSSR count). The number of Topliss-reactive ketones (excluding diaryl/α,β-unsaturated/α-hetero) is 1. The third kappa shape index (κ3) is 4.51. The molecule has 1 fully saturated rings. The standard InChI is InChI=1S/C26H25BrFNO4S/c1-14-23(26(31)33-13-17-4-2-8-32-17)24(18-12-16(27)6-7-19(18)28)25-20(29-14)10-15(11-21(25)30)22-5-3-9-34-22/h3,5-7,9,12,15,17,24,29H,2,4,8,10-11,13H2,1H3. The Morgan fingerprint density at radius 3 is 2.91 bits per heavy atom. The summed E-state index contributed by atoms with van der Waals surface area (Å²) in [6, 6.07) is 8.63. The lowest BCUT2D eigenvalue weighted by molar-refractivity contribution is -0.142. The number of ether oxygens (including phenoxy) is 2. The van der Waals surface area contributed by atoms with Crippen molar-refractivity contribution in [2.24, 2.45) is 0 Å². The normalized spacial score (nSPS) is 24.8. The highest BCUT2D eigenvalue weighted by atomic mass is 79.9. The predicted molar refractivity (Wildman–Crippen MR) is 131 cm³/mol. The Balaban J connectivity index is 1.54. The van der Waals surface area contributed by atoms with E-state index in [0.717, 1.165) is 23.4 Å². The molecule has 0 amide bonds. The molecule has 2 aromatic rings. The number of hydrogen-bond donors (Lipinski definition) is 1. The number of carbonyl (C=O) groups excluding carboxylic acids is 2. The van der Waals surface area contributed by atoms with Gasteiger partial charge in [-0.05, 0) is 55.8 Å². The van der Waals surface area contributed by atoms with Gasteiger partial charge in [-0.3, -0.25) is 4.79 Å². The molecule has 3 atom stereocenters. The van der Waals surface area contributed by atoms with Crippen LogP contribution in [0.1, 0.15) is 54.9 Å². The quantitative estimate of drug-likeness (QED) is 0.486. The maximum absolute atomic E-state index is 15.2. The second kappa shape index (κ2) is 9.76. The van der Waals surface area contributed by atoms with Crippen LogP contribution in [-0.2, 0) is 19.1 Å². The molecule has 3 aliphatic rings. The highest BCUT2D eigenvalue weighted by Gasteiger charge is 2.42. The molecule has 34 heavy (non-hydrogen) atoms. The van der Waals surface area contributed by atoms with Crippen LogP contribution in [0.4, 0.5) is 4.39 Å². The van der Waals surface area contributed by atoms with E-state index in [1.54, 1.807) is 30.4 Å². The molecule has 178 valence electrons. The van der Waals surface area contributed by atoms with E-state index >= 15 is 4.39 Å². The Morgan fingerprint density at radius 1 is 1.32 bits per heavy atom. The summed E-state index contributed by atoms with van der Waals surface area (Å²) >= 11 is 5.05. The molecule has 1 aromatic carbocycles. The molecule has 0 radical (unpaired) electrons. The van der Waals surface area contributed by atoms with Gasteiger partial charge in [0.1, 0.15) is 12.4 Å². The average molecular weight is 546 g/mol. The first-order chi connectivity index (χ1) is 16.4. The van der Waals surface area contributed by atoms with Gasteiger partial charge in [0.25, 0.3) is 0 Å². The van der Waals surface area contributed by atoms with Crippen molar-refractivity contribution in [1.29, 1.82) is 0 Å². The maximum atomic E-state index is 15.2. The number of halogens is 2. The zero-order valence-electron chi connectivity index (χ0n) is 18.7. The molecule has 0 bridgehead atoms. The van der Waals surface area contributed by atoms with Crippen LogP contribution in [0, 0.1) is 5.82 Å². The largest absolute Gasteiger partial charge is 0.459 e. The van der Waals surface area contributed by atoms with Crippen LogP contribution in [0.25, 0.3) is 0 Å². The van der Waals surface area contributed by atoms with E-state index in [9.17, 15) is 9.59 Å². The lowest BCUT2D eigenvalue weighted by atomic mass is 9.72. The van der Waals surface area contributed by atoms with E-state index in [1.807, 2.05) is 17.5 Å². The van der Waals surface area contributed by atoms with Crippen LogP contribution in [0.2, 0.25) is 0 Å². The summed E-state index contributed by atoms with van der Waals surface area (Å²) in [5.41, 5.74) is 2.36. The number of benzene rings is 1. The molecule has 1 N–H and O–H groups in total. The van der Waals surface area contributed by atoms with Gasteiger partial charge < -0.3 is 14.8 Å². The van der Waals surface area contributed by atoms with Crippen LogP contribution in [0.3, 0.4) is 0 Å². The number of nitrogens with one attached hydrogen (secondary N) is 1. The van der Waals surface area contributed by atoms with Gasteiger partial charge in [-0.2, -0.15) is 0 Å². The molecule has 3 heterocycles. The number of thiophene rings is 1. The molecule has 0 spiro atoms. The van der Waals surface area contributed by atoms with E-state index in [2.05, 4.69) is 21.2 Å². The van der Waals surface area contributed by atoms with Gasteiger partial charge in [0.05, 0.1) is 17.6 Å². The minimum atomic E-state index is -0.831. The summed E-state index contributed by atoms with van der Waals surface area (Å²) in [6.45, 7) is 2.59. The van der Waals surface area contributed by atoms with E-state index in [-0.39, 0.29) is 35.5 Å². The molecule has 0 saturated carbocycles. The van der Waals surface area contributed by atoms with Gasteiger partial charge in [-0.1, -0.05) is 22.0 Å². The molecule has 1 aromatic heterocycles. The third-order valence-corrected chi connectivity index (χ3v) is 8.21. The van der Waals surface area contributed by atoms with E-state index in [0.29, 0.717) is 35.2 Å². The van der Waals surface area contributed by atoms with Gasteiger partial charge in [0, 0.05) is 50.8 Å². The number of ketones is 1. The predicted octanol–water partition coefficient (Wildman–Crippen LogP) is 5.73. The fraction of sp³-hybridized carbons (Fsp3) is 0.385. The van der Waals surface area contributed by atoms with Crippen LogP contribution in [0.15, 0.2) is 62.7 Å². The molecular weight excluding hydrogens is 521 g/mol. The summed E-state index contributed by atoms with van der Waals surface area (Å²) in [7, 11) is 0. The summed E-state index contributed by atoms with van der Waals surface area (Å²) in [5, 5.41) is 5.32. The molecular formula is C26H25BrFNO4S. The first-order valence-electron chi connectivity index (χ1n) is 11.4. The van der Waals surface area contributed by atoms with Crippen molar-refractivity contribution in [3.05, 3.63) is 79.0 Å². The summed E-state index contributed by atoms with van der Waals surface area (Å²) in [6.07, 6.45) is 2.60. The van der Waals surface area contributed by atoms with Crippen molar-refractivity contribution in [2.45, 2.75) is 50.5 Å². The van der Waals surface area contributed by atoms with Crippen molar-refractivity contribution in [2.75, 3.05) is 13.2 Å². The fourth-order valence-corrected chi connectivity index (χ4v) is 6.31. The zero-order chi connectivity index (χ0) is 23.8. The molecule has 2 aliphatic heterocycles. The first kappa shape index (κ1) is 23.5. The minimum absolute atomic E-state index is 0.0626. The number of esters is 1.